The number of aliphatic hydroxyl groups excluding tert-OH is 10. The molecule has 9 aliphatic rings. The van der Waals surface area contributed by atoms with Gasteiger partial charge in [-0.1, -0.05) is 38.0 Å². The number of Topliss-reactive ketones (excluding diaryl/α,β-unsaturated/α-hetero) is 1. The fourth-order valence-corrected chi connectivity index (χ4v) is 16.5. The van der Waals surface area contributed by atoms with E-state index in [9.17, 15) is 73.6 Å². The number of hydrogen-bond acceptors (Lipinski definition) is 24. The second-order valence-corrected chi connectivity index (χ2v) is 27.8. The molecule has 8 fully saturated rings. The highest BCUT2D eigenvalue weighted by Gasteiger charge is 2.63. The van der Waals surface area contributed by atoms with Crippen molar-refractivity contribution in [1.29, 1.82) is 0 Å². The molecule has 0 bridgehead atoms. The SMILES string of the molecule is CC(C)=CC(=O)C[C@@H](C)[C@H]1CC[C@H]2[C@@H]3C[C@H](O[C@@H]4O[C@H](C)C(=O)[C@H](O[C@@H]5O[C@H](C)[C@@H](O[C@@H]6O[C@H](C)[C@H](O)[C@H](O)[C@H]6O[C@@H]6O[C@H](C)[C@H](O)[C@H](O)[C@H]6O)[C@H](O)[C@H]5O[C@@H]5O[C@H](C)[C@@H](O)[C@H](O)[C@H]5O)[C@H]4O)[C@H]4C[C@@H](S(=O)(=O)O)CC[C@]4(C)C3=CC[C@]12C. The van der Waals surface area contributed by atoms with Crippen LogP contribution in [0.2, 0.25) is 0 Å². The molecule has 0 aromatic heterocycles. The fraction of sp³-hybridized carbons (Fsp3) is 0.895. The Balaban J connectivity index is 0.988. The lowest BCUT2D eigenvalue weighted by Crippen LogP contribution is -2.67. The molecule has 0 spiro atoms. The molecule has 25 nitrogen and oxygen atoms in total. The quantitative estimate of drug-likeness (QED) is 0.0576. The van der Waals surface area contributed by atoms with E-state index in [1.54, 1.807) is 6.08 Å². The van der Waals surface area contributed by atoms with Crippen LogP contribution in [0.4, 0.5) is 0 Å². The van der Waals surface area contributed by atoms with E-state index in [0.717, 1.165) is 24.8 Å². The third kappa shape index (κ3) is 12.5. The molecule has 0 aromatic carbocycles. The summed E-state index contributed by atoms with van der Waals surface area (Å²) in [5.41, 5.74) is 1.33. The Kier molecular flexibility index (Phi) is 19.7. The van der Waals surface area contributed by atoms with E-state index < -0.39 is 186 Å². The van der Waals surface area contributed by atoms with E-state index in [-0.39, 0.29) is 47.7 Å². The maximum absolute atomic E-state index is 14.3. The minimum absolute atomic E-state index is 0.0305. The molecule has 5 aliphatic heterocycles. The number of ketones is 2. The molecular weight excluding hydrogens is 1120 g/mol. The van der Waals surface area contributed by atoms with E-state index in [1.165, 1.54) is 40.2 Å². The van der Waals surface area contributed by atoms with Crippen molar-refractivity contribution in [3.63, 3.8) is 0 Å². The number of allylic oxidation sites excluding steroid dienone is 4. The summed E-state index contributed by atoms with van der Waals surface area (Å²) in [6.07, 6.45) is -32.5. The number of fused-ring (bicyclic) bond motifs is 5. The smallest absolute Gasteiger partial charge is 0.267 e. The third-order valence-corrected chi connectivity index (χ3v) is 21.6. The summed E-state index contributed by atoms with van der Waals surface area (Å²) in [5, 5.41) is 110. The summed E-state index contributed by atoms with van der Waals surface area (Å²) >= 11 is 0. The Labute approximate surface area is 484 Å². The monoisotopic (exact) mass is 1210 g/mol. The van der Waals surface area contributed by atoms with Crippen molar-refractivity contribution >= 4 is 21.7 Å². The Morgan fingerprint density at radius 1 is 0.627 bits per heavy atom. The second-order valence-electron chi connectivity index (χ2n) is 26.1. The molecular formula is C57H90O25S. The van der Waals surface area contributed by atoms with Crippen LogP contribution in [-0.4, -0.2) is 234 Å². The number of carbonyl (C=O) groups excluding carboxylic acids is 2. The Morgan fingerprint density at radius 3 is 1.72 bits per heavy atom. The van der Waals surface area contributed by atoms with Gasteiger partial charge in [-0.3, -0.25) is 14.1 Å². The normalized spacial score (nSPS) is 51.7. The number of hydrogen-bond donors (Lipinski definition) is 11. The number of aliphatic hydroxyl groups is 10. The molecule has 4 aliphatic carbocycles. The molecule has 33 atom stereocenters. The Bertz CT molecular complexity index is 2480. The van der Waals surface area contributed by atoms with Gasteiger partial charge in [0.25, 0.3) is 10.1 Å². The molecule has 83 heavy (non-hydrogen) atoms. The second kappa shape index (κ2) is 25.1. The predicted molar refractivity (Wildman–Crippen MR) is 285 cm³/mol. The average molecular weight is 1210 g/mol. The van der Waals surface area contributed by atoms with Gasteiger partial charge in [0.1, 0.15) is 85.5 Å². The van der Waals surface area contributed by atoms with E-state index in [1.807, 2.05) is 13.8 Å². The van der Waals surface area contributed by atoms with Gasteiger partial charge in [0.05, 0.1) is 35.8 Å². The average Bonchev–Trinajstić information content (AvgIpc) is 3.54. The van der Waals surface area contributed by atoms with Gasteiger partial charge in [0, 0.05) is 6.42 Å². The lowest BCUT2D eigenvalue weighted by atomic mass is 9.47. The standard InChI is InChI=1S/C57H90O25S/c1-21(2)17-28(58)18-22(3)31-11-12-32-30-20-35(34-19-29(83(70,71)72)13-15-57(34,10)33(30)14-16-56(31,32)9)78-53-46(69)48(39(62)26(7)75-53)80-55-50(82-52-44(67)41(64)37(60)24(5)74-52)45(68)47(27(8)77-55)79-54-49(42(65)38(61)25(6)76-54)81-51-43(66)40(63)36(59)23(4)73-51/h14,17,22-27,29-32,34-38,40-55,59-61,63-69H,11-13,15-16,18-20H2,1-10H3,(H,70,71,72)/t22-,23-,24-,25-,26-,27-,29+,30+,31-,32+,34-,35+,36+,37-,38+,40+,41+,42+,43-,44-,45+,46-,47-,48+,49-,50-,51+,52+,53+,54+,55+,56-,57-/m1/s1. The molecule has 5 saturated heterocycles. The minimum Gasteiger partial charge on any atom is -0.388 e. The van der Waals surface area contributed by atoms with Gasteiger partial charge in [-0.15, -0.1) is 0 Å². The highest BCUT2D eigenvalue weighted by Crippen LogP contribution is 2.67. The zero-order valence-corrected chi connectivity index (χ0v) is 49.6. The lowest BCUT2D eigenvalue weighted by molar-refractivity contribution is -0.399. The molecule has 0 aromatic rings. The van der Waals surface area contributed by atoms with Crippen molar-refractivity contribution < 1.29 is 121 Å². The first-order chi connectivity index (χ1) is 38.8. The molecule has 11 N–H and O–H groups in total. The van der Waals surface area contributed by atoms with Crippen LogP contribution in [0.15, 0.2) is 23.3 Å². The summed E-state index contributed by atoms with van der Waals surface area (Å²) in [6, 6.07) is 0. The summed E-state index contributed by atoms with van der Waals surface area (Å²) in [4.78, 5) is 27.4. The van der Waals surface area contributed by atoms with Gasteiger partial charge in [0.15, 0.2) is 49.1 Å². The van der Waals surface area contributed by atoms with Crippen molar-refractivity contribution in [2.45, 2.75) is 279 Å². The van der Waals surface area contributed by atoms with E-state index in [4.69, 9.17) is 47.4 Å². The third-order valence-electron chi connectivity index (χ3n) is 20.4. The van der Waals surface area contributed by atoms with Gasteiger partial charge in [0.2, 0.25) is 0 Å². The fourth-order valence-electron chi connectivity index (χ4n) is 15.6. The predicted octanol–water partition coefficient (Wildman–Crippen LogP) is -0.179. The molecule has 9 rings (SSSR count). The van der Waals surface area contributed by atoms with E-state index in [0.29, 0.717) is 19.3 Å². The molecule has 26 heteroatoms. The van der Waals surface area contributed by atoms with Crippen LogP contribution in [0.25, 0.3) is 0 Å². The zero-order valence-electron chi connectivity index (χ0n) is 48.8. The minimum atomic E-state index is -4.50. The van der Waals surface area contributed by atoms with Crippen molar-refractivity contribution in [2.75, 3.05) is 0 Å². The van der Waals surface area contributed by atoms with Gasteiger partial charge < -0.3 is 98.4 Å². The topological polar surface area (TPSA) is 383 Å². The van der Waals surface area contributed by atoms with Crippen LogP contribution < -0.4 is 0 Å². The van der Waals surface area contributed by atoms with Crippen molar-refractivity contribution in [3.05, 3.63) is 23.3 Å². The highest BCUT2D eigenvalue weighted by atomic mass is 32.2. The molecule has 5 heterocycles. The molecule has 0 unspecified atom stereocenters. The lowest BCUT2D eigenvalue weighted by Gasteiger charge is -2.59. The summed E-state index contributed by atoms with van der Waals surface area (Å²) < 4.78 is 97.8. The summed E-state index contributed by atoms with van der Waals surface area (Å²) in [6.45, 7) is 17.4. The van der Waals surface area contributed by atoms with Gasteiger partial charge in [-0.05, 0) is 140 Å². The van der Waals surface area contributed by atoms with Gasteiger partial charge in [-0.25, -0.2) is 0 Å². The van der Waals surface area contributed by atoms with Gasteiger partial charge >= 0.3 is 0 Å². The van der Waals surface area contributed by atoms with Crippen LogP contribution in [0.1, 0.15) is 121 Å². The maximum Gasteiger partial charge on any atom is 0.267 e. The Hall–Kier alpha value is -2.07. The molecule has 474 valence electrons. The van der Waals surface area contributed by atoms with Gasteiger partial charge in [-0.2, -0.15) is 8.42 Å². The largest absolute Gasteiger partial charge is 0.388 e. The number of carbonyl (C=O) groups is 2. The van der Waals surface area contributed by atoms with Crippen LogP contribution in [0, 0.1) is 40.4 Å². The van der Waals surface area contributed by atoms with E-state index >= 15 is 0 Å². The summed E-state index contributed by atoms with van der Waals surface area (Å²) in [5.74, 6) is -0.806. The molecule has 0 amide bonds. The van der Waals surface area contributed by atoms with Crippen LogP contribution >= 0.6 is 0 Å². The highest BCUT2D eigenvalue weighted by molar-refractivity contribution is 7.86. The first-order valence-electron chi connectivity index (χ1n) is 29.5. The summed E-state index contributed by atoms with van der Waals surface area (Å²) in [7, 11) is -4.50. The molecule has 0 radical (unpaired) electrons. The van der Waals surface area contributed by atoms with E-state index in [2.05, 4.69) is 26.8 Å². The zero-order chi connectivity index (χ0) is 60.8. The first-order valence-corrected chi connectivity index (χ1v) is 31.0. The number of ether oxygens (including phenoxy) is 10. The van der Waals surface area contributed by atoms with Crippen molar-refractivity contribution in [3.8, 4) is 0 Å². The number of rotatable bonds is 15. The molecule has 3 saturated carbocycles. The van der Waals surface area contributed by atoms with Crippen LogP contribution in [-0.2, 0) is 67.1 Å². The Morgan fingerprint density at radius 2 is 1.14 bits per heavy atom. The van der Waals surface area contributed by atoms with Crippen LogP contribution in [0.5, 0.6) is 0 Å². The van der Waals surface area contributed by atoms with Crippen molar-refractivity contribution in [1.82, 2.24) is 0 Å². The maximum atomic E-state index is 14.3. The first kappa shape index (κ1) is 65.4. The van der Waals surface area contributed by atoms with Crippen LogP contribution in [0.3, 0.4) is 0 Å². The van der Waals surface area contributed by atoms with Crippen molar-refractivity contribution in [2.24, 2.45) is 40.4 Å².